The van der Waals surface area contributed by atoms with E-state index in [2.05, 4.69) is 4.98 Å². The molecule has 0 spiro atoms. The summed E-state index contributed by atoms with van der Waals surface area (Å²) >= 11 is 1.72. The van der Waals surface area contributed by atoms with Gasteiger partial charge in [-0.15, -0.1) is 11.8 Å². The van der Waals surface area contributed by atoms with Crippen molar-refractivity contribution >= 4 is 17.7 Å². The normalized spacial score (nSPS) is 15.3. The summed E-state index contributed by atoms with van der Waals surface area (Å²) in [6, 6.07) is 3.43. The molecule has 0 unspecified atom stereocenters. The van der Waals surface area contributed by atoms with Crippen molar-refractivity contribution in [1.82, 2.24) is 4.98 Å². The van der Waals surface area contributed by atoms with E-state index in [9.17, 15) is 4.79 Å². The van der Waals surface area contributed by atoms with Crippen LogP contribution in [-0.2, 0) is 0 Å². The van der Waals surface area contributed by atoms with Gasteiger partial charge in [0.2, 0.25) is 0 Å². The molecule has 80 valence electrons. The van der Waals surface area contributed by atoms with Crippen molar-refractivity contribution in [3.05, 3.63) is 23.4 Å². The van der Waals surface area contributed by atoms with Gasteiger partial charge < -0.3 is 5.11 Å². The Kier molecular flexibility index (Phi) is 2.95. The Bertz CT molecular complexity index is 388. The second kappa shape index (κ2) is 4.23. The lowest BCUT2D eigenvalue weighted by Gasteiger charge is -2.03. The predicted molar refractivity (Wildman–Crippen MR) is 59.4 cm³/mol. The zero-order chi connectivity index (χ0) is 10.8. The molecule has 1 heterocycles. The number of hydrogen-bond donors (Lipinski definition) is 1. The molecule has 0 saturated heterocycles. The lowest BCUT2D eigenvalue weighted by molar-refractivity contribution is 0.0695. The van der Waals surface area contributed by atoms with E-state index < -0.39 is 5.97 Å². The molecule has 15 heavy (non-hydrogen) atoms. The fourth-order valence-electron chi connectivity index (χ4n) is 1.33. The number of nitrogens with zero attached hydrogens (tertiary/aromatic N) is 1. The smallest absolute Gasteiger partial charge is 0.337 e. The van der Waals surface area contributed by atoms with Crippen molar-refractivity contribution in [1.29, 1.82) is 0 Å². The van der Waals surface area contributed by atoms with E-state index in [4.69, 9.17) is 5.11 Å². The molecule has 0 radical (unpaired) electrons. The van der Waals surface area contributed by atoms with Crippen LogP contribution in [0.25, 0.3) is 0 Å². The molecule has 4 heteroatoms. The first-order chi connectivity index (χ1) is 7.16. The van der Waals surface area contributed by atoms with E-state index in [0.717, 1.165) is 16.7 Å². The fraction of sp³-hybridized carbons (Fsp3) is 0.455. The number of aromatic nitrogens is 1. The molecule has 3 nitrogen and oxygen atoms in total. The molecular formula is C11H13NO2S. The molecule has 0 aromatic carbocycles. The SMILES string of the molecule is Cc1nc(SCC2CC2)ccc1C(=O)O. The molecule has 1 N–H and O–H groups in total. The van der Waals surface area contributed by atoms with Crippen LogP contribution in [0, 0.1) is 12.8 Å². The number of pyridine rings is 1. The van der Waals surface area contributed by atoms with Gasteiger partial charge in [-0.2, -0.15) is 0 Å². The number of rotatable bonds is 4. The first-order valence-corrected chi connectivity index (χ1v) is 5.99. The van der Waals surface area contributed by atoms with Crippen molar-refractivity contribution in [2.24, 2.45) is 5.92 Å². The minimum Gasteiger partial charge on any atom is -0.478 e. The van der Waals surface area contributed by atoms with Crippen LogP contribution in [0.5, 0.6) is 0 Å². The monoisotopic (exact) mass is 223 g/mol. The lowest BCUT2D eigenvalue weighted by Crippen LogP contribution is -2.02. The molecule has 1 aliphatic rings. The van der Waals surface area contributed by atoms with Gasteiger partial charge in [-0.1, -0.05) is 0 Å². The Morgan fingerprint density at radius 2 is 2.33 bits per heavy atom. The summed E-state index contributed by atoms with van der Waals surface area (Å²) in [6.07, 6.45) is 2.67. The van der Waals surface area contributed by atoms with Gasteiger partial charge in [0, 0.05) is 5.75 Å². The van der Waals surface area contributed by atoms with Crippen LogP contribution in [0.4, 0.5) is 0 Å². The van der Waals surface area contributed by atoms with Crippen LogP contribution in [0.15, 0.2) is 17.2 Å². The molecule has 1 saturated carbocycles. The van der Waals surface area contributed by atoms with Crippen LogP contribution in [0.3, 0.4) is 0 Å². The third-order valence-corrected chi connectivity index (χ3v) is 3.62. The van der Waals surface area contributed by atoms with Gasteiger partial charge in [0.1, 0.15) is 0 Å². The second-order valence-corrected chi connectivity index (χ2v) is 4.88. The Hall–Kier alpha value is -1.03. The van der Waals surface area contributed by atoms with Crippen molar-refractivity contribution < 1.29 is 9.90 Å². The Balaban J connectivity index is 2.06. The van der Waals surface area contributed by atoms with Crippen LogP contribution < -0.4 is 0 Å². The third-order valence-electron chi connectivity index (χ3n) is 2.45. The average molecular weight is 223 g/mol. The number of aryl methyl sites for hydroxylation is 1. The van der Waals surface area contributed by atoms with E-state index >= 15 is 0 Å². The first kappa shape index (κ1) is 10.5. The highest BCUT2D eigenvalue weighted by Crippen LogP contribution is 2.34. The maximum Gasteiger partial charge on any atom is 0.337 e. The van der Waals surface area contributed by atoms with E-state index in [1.807, 2.05) is 0 Å². The summed E-state index contributed by atoms with van der Waals surface area (Å²) in [5.41, 5.74) is 0.897. The molecule has 1 aliphatic carbocycles. The molecule has 1 aromatic rings. The fourth-order valence-corrected chi connectivity index (χ4v) is 2.44. The quantitative estimate of drug-likeness (QED) is 0.797. The number of carboxylic acid groups (broad SMARTS) is 1. The number of aromatic carboxylic acids is 1. The molecule has 0 atom stereocenters. The van der Waals surface area contributed by atoms with Crippen LogP contribution in [0.2, 0.25) is 0 Å². The van der Waals surface area contributed by atoms with Crippen LogP contribution >= 0.6 is 11.8 Å². The van der Waals surface area contributed by atoms with E-state index in [1.165, 1.54) is 12.8 Å². The highest BCUT2D eigenvalue weighted by atomic mass is 32.2. The molecule has 0 amide bonds. The minimum atomic E-state index is -0.904. The number of carboxylic acids is 1. The summed E-state index contributed by atoms with van der Waals surface area (Å²) in [5, 5.41) is 9.77. The zero-order valence-electron chi connectivity index (χ0n) is 8.56. The van der Waals surface area contributed by atoms with Gasteiger partial charge in [0.15, 0.2) is 0 Å². The summed E-state index contributed by atoms with van der Waals surface area (Å²) in [6.45, 7) is 1.74. The van der Waals surface area contributed by atoms with Gasteiger partial charge in [-0.05, 0) is 37.8 Å². The summed E-state index contributed by atoms with van der Waals surface area (Å²) < 4.78 is 0. The first-order valence-electron chi connectivity index (χ1n) is 5.00. The highest BCUT2D eigenvalue weighted by molar-refractivity contribution is 7.99. The van der Waals surface area contributed by atoms with E-state index in [1.54, 1.807) is 30.8 Å². The van der Waals surface area contributed by atoms with Gasteiger partial charge in [-0.3, -0.25) is 0 Å². The predicted octanol–water partition coefficient (Wildman–Crippen LogP) is 2.59. The van der Waals surface area contributed by atoms with Crippen molar-refractivity contribution in [3.8, 4) is 0 Å². The third kappa shape index (κ3) is 2.72. The Morgan fingerprint density at radius 1 is 1.60 bits per heavy atom. The Labute approximate surface area is 92.9 Å². The second-order valence-electron chi connectivity index (χ2n) is 3.84. The summed E-state index contributed by atoms with van der Waals surface area (Å²) in [7, 11) is 0. The lowest BCUT2D eigenvalue weighted by atomic mass is 10.2. The number of carbonyl (C=O) groups is 1. The van der Waals surface area contributed by atoms with Crippen LogP contribution in [0.1, 0.15) is 28.9 Å². The van der Waals surface area contributed by atoms with Crippen LogP contribution in [-0.4, -0.2) is 21.8 Å². The number of thioether (sulfide) groups is 1. The minimum absolute atomic E-state index is 0.297. The summed E-state index contributed by atoms with van der Waals surface area (Å²) in [5.74, 6) is 1.06. The largest absolute Gasteiger partial charge is 0.478 e. The number of hydrogen-bond acceptors (Lipinski definition) is 3. The van der Waals surface area contributed by atoms with Gasteiger partial charge in [0.25, 0.3) is 0 Å². The Morgan fingerprint density at radius 3 is 2.87 bits per heavy atom. The average Bonchev–Trinajstić information content (AvgIpc) is 2.97. The van der Waals surface area contributed by atoms with Gasteiger partial charge >= 0.3 is 5.97 Å². The zero-order valence-corrected chi connectivity index (χ0v) is 9.38. The molecule has 1 aromatic heterocycles. The molecular weight excluding hydrogens is 210 g/mol. The van der Waals surface area contributed by atoms with E-state index in [-0.39, 0.29) is 0 Å². The standard InChI is InChI=1S/C11H13NO2S/c1-7-9(11(13)14)4-5-10(12-7)15-6-8-2-3-8/h4-5,8H,2-3,6H2,1H3,(H,13,14). The van der Waals surface area contributed by atoms with Crippen molar-refractivity contribution in [2.75, 3.05) is 5.75 Å². The topological polar surface area (TPSA) is 50.2 Å². The van der Waals surface area contributed by atoms with Crippen molar-refractivity contribution in [2.45, 2.75) is 24.8 Å². The maximum atomic E-state index is 10.8. The molecule has 1 fully saturated rings. The van der Waals surface area contributed by atoms with Gasteiger partial charge in [0.05, 0.1) is 16.3 Å². The molecule has 0 bridgehead atoms. The summed E-state index contributed by atoms with van der Waals surface area (Å²) in [4.78, 5) is 15.0. The highest BCUT2D eigenvalue weighted by Gasteiger charge is 2.21. The maximum absolute atomic E-state index is 10.8. The molecule has 0 aliphatic heterocycles. The van der Waals surface area contributed by atoms with E-state index in [0.29, 0.717) is 11.3 Å². The van der Waals surface area contributed by atoms with Gasteiger partial charge in [-0.25, -0.2) is 9.78 Å². The molecule has 2 rings (SSSR count). The van der Waals surface area contributed by atoms with Crippen molar-refractivity contribution in [3.63, 3.8) is 0 Å².